The lowest BCUT2D eigenvalue weighted by atomic mass is 9.95. The SMILES string of the molecule is Cc1ccc(NS(=O)(=O)c2cc(C(=O)NC3CCCCC3)ccc2C)cc1. The zero-order valence-corrected chi connectivity index (χ0v) is 16.6. The van der Waals surface area contributed by atoms with Crippen LogP contribution in [0.1, 0.15) is 53.6 Å². The molecule has 2 N–H and O–H groups in total. The second-order valence-corrected chi connectivity index (χ2v) is 8.91. The van der Waals surface area contributed by atoms with Gasteiger partial charge in [-0.15, -0.1) is 0 Å². The third-order valence-corrected chi connectivity index (χ3v) is 6.51. The molecule has 3 rings (SSSR count). The van der Waals surface area contributed by atoms with Gasteiger partial charge in [0.1, 0.15) is 0 Å². The van der Waals surface area contributed by atoms with Crippen LogP contribution >= 0.6 is 0 Å². The number of carbonyl (C=O) groups is 1. The van der Waals surface area contributed by atoms with Crippen molar-refractivity contribution in [2.24, 2.45) is 0 Å². The summed E-state index contributed by atoms with van der Waals surface area (Å²) in [6, 6.07) is 12.1. The molecule has 1 aliphatic rings. The number of amides is 1. The van der Waals surface area contributed by atoms with E-state index in [4.69, 9.17) is 0 Å². The van der Waals surface area contributed by atoms with E-state index in [9.17, 15) is 13.2 Å². The van der Waals surface area contributed by atoms with E-state index in [1.54, 1.807) is 31.2 Å². The molecule has 1 aliphatic carbocycles. The van der Waals surface area contributed by atoms with Gasteiger partial charge in [0.05, 0.1) is 4.90 Å². The quantitative estimate of drug-likeness (QED) is 0.810. The van der Waals surface area contributed by atoms with E-state index >= 15 is 0 Å². The predicted octanol–water partition coefficient (Wildman–Crippen LogP) is 4.17. The predicted molar refractivity (Wildman–Crippen MR) is 108 cm³/mol. The summed E-state index contributed by atoms with van der Waals surface area (Å²) < 4.78 is 28.2. The second-order valence-electron chi connectivity index (χ2n) is 7.26. The van der Waals surface area contributed by atoms with Crippen LogP contribution in [-0.4, -0.2) is 20.4 Å². The van der Waals surface area contributed by atoms with Crippen LogP contribution in [0.2, 0.25) is 0 Å². The lowest BCUT2D eigenvalue weighted by molar-refractivity contribution is 0.0927. The van der Waals surface area contributed by atoms with Gasteiger partial charge in [0.2, 0.25) is 0 Å². The van der Waals surface area contributed by atoms with Crippen LogP contribution in [0.15, 0.2) is 47.4 Å². The topological polar surface area (TPSA) is 75.3 Å². The summed E-state index contributed by atoms with van der Waals surface area (Å²) in [5.41, 5.74) is 2.52. The molecule has 1 amide bonds. The van der Waals surface area contributed by atoms with E-state index in [-0.39, 0.29) is 16.8 Å². The molecule has 0 unspecified atom stereocenters. The molecule has 0 saturated heterocycles. The molecule has 1 fully saturated rings. The van der Waals surface area contributed by atoms with Crippen molar-refractivity contribution in [2.75, 3.05) is 4.72 Å². The number of anilines is 1. The first-order valence-electron chi connectivity index (χ1n) is 9.36. The minimum Gasteiger partial charge on any atom is -0.349 e. The first-order valence-corrected chi connectivity index (χ1v) is 10.8. The largest absolute Gasteiger partial charge is 0.349 e. The van der Waals surface area contributed by atoms with Gasteiger partial charge in [-0.05, 0) is 56.5 Å². The third kappa shape index (κ3) is 4.89. The Bertz CT molecular complexity index is 915. The van der Waals surface area contributed by atoms with E-state index in [0.717, 1.165) is 31.2 Å². The fourth-order valence-corrected chi connectivity index (χ4v) is 4.71. The van der Waals surface area contributed by atoms with Crippen LogP contribution in [-0.2, 0) is 10.0 Å². The van der Waals surface area contributed by atoms with E-state index < -0.39 is 10.0 Å². The summed E-state index contributed by atoms with van der Waals surface area (Å²) in [5.74, 6) is -0.214. The maximum Gasteiger partial charge on any atom is 0.262 e. The third-order valence-electron chi connectivity index (χ3n) is 4.98. The van der Waals surface area contributed by atoms with E-state index in [1.807, 2.05) is 19.1 Å². The number of sulfonamides is 1. The van der Waals surface area contributed by atoms with Gasteiger partial charge in [0.25, 0.3) is 15.9 Å². The molecule has 0 aromatic heterocycles. The zero-order chi connectivity index (χ0) is 19.4. The molecular weight excluding hydrogens is 360 g/mol. The fourth-order valence-electron chi connectivity index (χ4n) is 3.38. The number of benzene rings is 2. The molecule has 0 bridgehead atoms. The molecule has 0 heterocycles. The van der Waals surface area contributed by atoms with E-state index in [0.29, 0.717) is 16.8 Å². The van der Waals surface area contributed by atoms with Gasteiger partial charge in [-0.3, -0.25) is 9.52 Å². The zero-order valence-electron chi connectivity index (χ0n) is 15.8. The van der Waals surface area contributed by atoms with E-state index in [1.165, 1.54) is 12.5 Å². The van der Waals surface area contributed by atoms with Gasteiger partial charge in [-0.25, -0.2) is 8.42 Å². The molecular formula is C21H26N2O3S. The van der Waals surface area contributed by atoms with Crippen LogP contribution in [0.3, 0.4) is 0 Å². The van der Waals surface area contributed by atoms with Crippen LogP contribution < -0.4 is 10.0 Å². The number of carbonyl (C=O) groups excluding carboxylic acids is 1. The van der Waals surface area contributed by atoms with Crippen LogP contribution in [0, 0.1) is 13.8 Å². The summed E-state index contributed by atoms with van der Waals surface area (Å²) in [4.78, 5) is 12.7. The molecule has 0 spiro atoms. The van der Waals surface area contributed by atoms with Crippen molar-refractivity contribution in [3.8, 4) is 0 Å². The summed E-state index contributed by atoms with van der Waals surface area (Å²) in [5, 5.41) is 3.04. The molecule has 0 atom stereocenters. The van der Waals surface area contributed by atoms with Gasteiger partial charge in [-0.2, -0.15) is 0 Å². The Morgan fingerprint density at radius 1 is 0.963 bits per heavy atom. The van der Waals surface area contributed by atoms with Crippen molar-refractivity contribution in [1.29, 1.82) is 0 Å². The summed E-state index contributed by atoms with van der Waals surface area (Å²) in [6.45, 7) is 3.67. The number of nitrogens with one attached hydrogen (secondary N) is 2. The smallest absolute Gasteiger partial charge is 0.262 e. The van der Waals surface area contributed by atoms with Crippen molar-refractivity contribution in [1.82, 2.24) is 5.32 Å². The molecule has 0 radical (unpaired) electrons. The van der Waals surface area contributed by atoms with Gasteiger partial charge in [-0.1, -0.05) is 43.0 Å². The Morgan fingerprint density at radius 3 is 2.30 bits per heavy atom. The number of hydrogen-bond donors (Lipinski definition) is 2. The standard InChI is InChI=1S/C21H26N2O3S/c1-15-8-12-19(13-9-15)23-27(25,26)20-14-17(11-10-16(20)2)21(24)22-18-6-4-3-5-7-18/h8-14,18,23H,3-7H2,1-2H3,(H,22,24). The Kier molecular flexibility index (Phi) is 5.85. The molecule has 0 aliphatic heterocycles. The molecule has 6 heteroatoms. The Balaban J connectivity index is 1.81. The van der Waals surface area contributed by atoms with Crippen LogP contribution in [0.5, 0.6) is 0 Å². The summed E-state index contributed by atoms with van der Waals surface area (Å²) >= 11 is 0. The fraction of sp³-hybridized carbons (Fsp3) is 0.381. The average Bonchev–Trinajstić information content (AvgIpc) is 2.64. The lowest BCUT2D eigenvalue weighted by Gasteiger charge is -2.23. The average molecular weight is 387 g/mol. The maximum atomic E-state index is 12.8. The first-order chi connectivity index (χ1) is 12.8. The first kappa shape index (κ1) is 19.4. The highest BCUT2D eigenvalue weighted by molar-refractivity contribution is 7.92. The van der Waals surface area contributed by atoms with E-state index in [2.05, 4.69) is 10.0 Å². The van der Waals surface area contributed by atoms with Crippen molar-refractivity contribution >= 4 is 21.6 Å². The highest BCUT2D eigenvalue weighted by Crippen LogP contribution is 2.22. The van der Waals surface area contributed by atoms with Gasteiger partial charge < -0.3 is 5.32 Å². The number of aryl methyl sites for hydroxylation is 2. The Hall–Kier alpha value is -2.34. The van der Waals surface area contributed by atoms with Crippen LogP contribution in [0.25, 0.3) is 0 Å². The number of hydrogen-bond acceptors (Lipinski definition) is 3. The Labute approximate surface area is 161 Å². The second kappa shape index (κ2) is 8.13. The Morgan fingerprint density at radius 2 is 1.63 bits per heavy atom. The van der Waals surface area contributed by atoms with Crippen molar-refractivity contribution in [3.05, 3.63) is 59.2 Å². The normalized spacial score (nSPS) is 15.3. The highest BCUT2D eigenvalue weighted by atomic mass is 32.2. The van der Waals surface area contributed by atoms with Crippen molar-refractivity contribution in [3.63, 3.8) is 0 Å². The lowest BCUT2D eigenvalue weighted by Crippen LogP contribution is -2.36. The summed E-state index contributed by atoms with van der Waals surface area (Å²) in [7, 11) is -3.78. The monoisotopic (exact) mass is 386 g/mol. The van der Waals surface area contributed by atoms with Gasteiger partial charge in [0, 0.05) is 17.3 Å². The molecule has 2 aromatic rings. The number of rotatable bonds is 5. The molecule has 1 saturated carbocycles. The van der Waals surface area contributed by atoms with Gasteiger partial charge in [0.15, 0.2) is 0 Å². The van der Waals surface area contributed by atoms with Gasteiger partial charge >= 0.3 is 0 Å². The molecule has 27 heavy (non-hydrogen) atoms. The minimum absolute atomic E-state index is 0.124. The minimum atomic E-state index is -3.78. The summed E-state index contributed by atoms with van der Waals surface area (Å²) in [6.07, 6.45) is 5.43. The van der Waals surface area contributed by atoms with Crippen LogP contribution in [0.4, 0.5) is 5.69 Å². The molecule has 144 valence electrons. The highest BCUT2D eigenvalue weighted by Gasteiger charge is 2.21. The molecule has 2 aromatic carbocycles. The maximum absolute atomic E-state index is 12.8. The van der Waals surface area contributed by atoms with Crippen molar-refractivity contribution < 1.29 is 13.2 Å². The van der Waals surface area contributed by atoms with Crippen molar-refractivity contribution in [2.45, 2.75) is 56.9 Å². The molecule has 5 nitrogen and oxygen atoms in total.